The maximum absolute atomic E-state index is 12.8. The summed E-state index contributed by atoms with van der Waals surface area (Å²) in [5.41, 5.74) is 4.78. The Balaban J connectivity index is 1.39. The number of ether oxygens (including phenoxy) is 4. The van der Waals surface area contributed by atoms with Crippen LogP contribution in [0.3, 0.4) is 0 Å². The second-order valence-electron chi connectivity index (χ2n) is 8.60. The number of hydrogen-bond donors (Lipinski definition) is 1. The van der Waals surface area contributed by atoms with Gasteiger partial charge in [-0.25, -0.2) is 10.2 Å². The Labute approximate surface area is 243 Å². The molecule has 0 heterocycles. The summed E-state index contributed by atoms with van der Waals surface area (Å²) < 4.78 is 22.5. The van der Waals surface area contributed by atoms with Gasteiger partial charge < -0.3 is 18.9 Å². The van der Waals surface area contributed by atoms with Gasteiger partial charge in [-0.2, -0.15) is 5.10 Å². The minimum Gasteiger partial charge on any atom is -0.494 e. The topological polar surface area (TPSA) is 95.5 Å². The number of carbonyl (C=O) groups is 2. The van der Waals surface area contributed by atoms with Crippen LogP contribution >= 0.6 is 11.6 Å². The molecule has 0 saturated carbocycles. The van der Waals surface area contributed by atoms with Gasteiger partial charge in [-0.1, -0.05) is 35.9 Å². The summed E-state index contributed by atoms with van der Waals surface area (Å²) >= 11 is 5.94. The predicted molar refractivity (Wildman–Crippen MR) is 157 cm³/mol. The fourth-order valence-corrected chi connectivity index (χ4v) is 3.84. The molecule has 0 aliphatic carbocycles. The Bertz CT molecular complexity index is 1500. The first-order valence-electron chi connectivity index (χ1n) is 13.0. The minimum atomic E-state index is -0.528. The van der Waals surface area contributed by atoms with Crippen molar-refractivity contribution in [3.8, 4) is 23.0 Å². The molecule has 210 valence electrons. The van der Waals surface area contributed by atoms with Gasteiger partial charge in [0.2, 0.25) is 0 Å². The number of nitrogens with zero attached hydrogens (tertiary/aromatic N) is 1. The highest BCUT2D eigenvalue weighted by atomic mass is 35.5. The molecule has 1 N–H and O–H groups in total. The molecule has 4 aromatic carbocycles. The Morgan fingerprint density at radius 2 is 1.54 bits per heavy atom. The van der Waals surface area contributed by atoms with E-state index in [2.05, 4.69) is 10.5 Å². The van der Waals surface area contributed by atoms with Crippen molar-refractivity contribution in [3.63, 3.8) is 0 Å². The fraction of sp³-hybridized carbons (Fsp3) is 0.156. The number of nitrogens with one attached hydrogen (secondary N) is 1. The normalized spacial score (nSPS) is 10.7. The largest absolute Gasteiger partial charge is 0.494 e. The van der Waals surface area contributed by atoms with Crippen LogP contribution in [0.15, 0.2) is 96.1 Å². The van der Waals surface area contributed by atoms with Crippen molar-refractivity contribution in [1.29, 1.82) is 0 Å². The summed E-state index contributed by atoms with van der Waals surface area (Å²) in [6.07, 6.45) is 1.47. The first-order chi connectivity index (χ1) is 20.0. The number of amides is 1. The highest BCUT2D eigenvalue weighted by Gasteiger charge is 2.14. The van der Waals surface area contributed by atoms with E-state index in [1.807, 2.05) is 26.0 Å². The lowest BCUT2D eigenvalue weighted by molar-refractivity contribution is 0.0728. The summed E-state index contributed by atoms with van der Waals surface area (Å²) in [5.74, 6) is 0.761. The predicted octanol–water partition coefficient (Wildman–Crippen LogP) is 6.70. The van der Waals surface area contributed by atoms with Gasteiger partial charge in [0.25, 0.3) is 5.91 Å². The van der Waals surface area contributed by atoms with Gasteiger partial charge in [0.1, 0.15) is 18.1 Å². The summed E-state index contributed by atoms with van der Waals surface area (Å²) in [5, 5.41) is 4.72. The quantitative estimate of drug-likeness (QED) is 0.0878. The molecule has 0 saturated heterocycles. The maximum atomic E-state index is 12.8. The highest BCUT2D eigenvalue weighted by Crippen LogP contribution is 2.29. The van der Waals surface area contributed by atoms with Gasteiger partial charge in [0.15, 0.2) is 11.5 Å². The molecule has 0 unspecified atom stereocenters. The number of esters is 1. The van der Waals surface area contributed by atoms with Crippen LogP contribution < -0.4 is 24.4 Å². The lowest BCUT2D eigenvalue weighted by Gasteiger charge is -2.12. The van der Waals surface area contributed by atoms with E-state index in [4.69, 9.17) is 30.5 Å². The van der Waals surface area contributed by atoms with E-state index in [0.29, 0.717) is 52.2 Å². The Kier molecular flexibility index (Phi) is 10.3. The third-order valence-corrected chi connectivity index (χ3v) is 5.94. The second kappa shape index (κ2) is 14.5. The zero-order chi connectivity index (χ0) is 29.0. The summed E-state index contributed by atoms with van der Waals surface area (Å²) in [4.78, 5) is 25.5. The summed E-state index contributed by atoms with van der Waals surface area (Å²) in [7, 11) is 0. The SMILES string of the molecule is CCOc1ccc(C(=O)Oc2ccc(/C=N\NC(=O)c3ccccc3OCc3ccc(Cl)cc3)cc2OCC)cc1. The first-order valence-corrected chi connectivity index (χ1v) is 13.4. The molecule has 0 aliphatic heterocycles. The standard InChI is InChI=1S/C32H29ClN2O6/c1-3-38-26-16-12-24(13-17-26)32(37)41-29-18-11-23(19-30(29)39-4-2)20-34-35-31(36)27-7-5-6-8-28(27)40-21-22-9-14-25(33)15-10-22/h5-20H,3-4,21H2,1-2H3,(H,35,36)/b34-20-. The molecular formula is C32H29ClN2O6. The van der Waals surface area contributed by atoms with Gasteiger partial charge in [0, 0.05) is 5.02 Å². The molecule has 8 nitrogen and oxygen atoms in total. The Hall–Kier alpha value is -4.82. The van der Waals surface area contributed by atoms with Crippen molar-refractivity contribution in [1.82, 2.24) is 5.43 Å². The lowest BCUT2D eigenvalue weighted by atomic mass is 10.2. The molecule has 9 heteroatoms. The van der Waals surface area contributed by atoms with E-state index >= 15 is 0 Å². The summed E-state index contributed by atoms with van der Waals surface area (Å²) in [6, 6.07) is 25.9. The number of hydrogen-bond acceptors (Lipinski definition) is 7. The molecule has 0 aromatic heterocycles. The van der Waals surface area contributed by atoms with Crippen molar-refractivity contribution in [3.05, 3.63) is 118 Å². The van der Waals surface area contributed by atoms with E-state index in [9.17, 15) is 9.59 Å². The number of para-hydroxylation sites is 1. The van der Waals surface area contributed by atoms with Crippen molar-refractivity contribution >= 4 is 29.7 Å². The van der Waals surface area contributed by atoms with E-state index in [-0.39, 0.29) is 12.4 Å². The molecule has 4 rings (SSSR count). The van der Waals surface area contributed by atoms with E-state index in [1.165, 1.54) is 6.21 Å². The van der Waals surface area contributed by atoms with Crippen molar-refractivity contribution in [2.45, 2.75) is 20.5 Å². The van der Waals surface area contributed by atoms with Gasteiger partial charge in [0.05, 0.1) is 30.6 Å². The third kappa shape index (κ3) is 8.33. The minimum absolute atomic E-state index is 0.263. The molecule has 0 spiro atoms. The molecular weight excluding hydrogens is 544 g/mol. The van der Waals surface area contributed by atoms with Gasteiger partial charge in [-0.15, -0.1) is 0 Å². The van der Waals surface area contributed by atoms with Crippen molar-refractivity contribution < 1.29 is 28.5 Å². The average Bonchev–Trinajstić information content (AvgIpc) is 2.99. The molecule has 0 aliphatic rings. The second-order valence-corrected chi connectivity index (χ2v) is 9.03. The summed E-state index contributed by atoms with van der Waals surface area (Å²) in [6.45, 7) is 4.89. The van der Waals surface area contributed by atoms with Crippen LogP contribution in [-0.4, -0.2) is 31.3 Å². The monoisotopic (exact) mass is 572 g/mol. The van der Waals surface area contributed by atoms with Gasteiger partial charge >= 0.3 is 5.97 Å². The maximum Gasteiger partial charge on any atom is 0.343 e. The molecule has 0 radical (unpaired) electrons. The van der Waals surface area contributed by atoms with Crippen LogP contribution in [0, 0.1) is 0 Å². The van der Waals surface area contributed by atoms with E-state index in [1.54, 1.807) is 78.9 Å². The third-order valence-electron chi connectivity index (χ3n) is 5.69. The first kappa shape index (κ1) is 29.2. The van der Waals surface area contributed by atoms with Crippen LogP contribution in [0.5, 0.6) is 23.0 Å². The molecule has 41 heavy (non-hydrogen) atoms. The fourth-order valence-electron chi connectivity index (χ4n) is 3.72. The number of benzene rings is 4. The molecule has 0 atom stereocenters. The molecule has 0 bridgehead atoms. The number of halogens is 1. The van der Waals surface area contributed by atoms with Crippen LogP contribution in [-0.2, 0) is 6.61 Å². The van der Waals surface area contributed by atoms with Gasteiger partial charge in [-0.3, -0.25) is 4.79 Å². The highest BCUT2D eigenvalue weighted by molar-refractivity contribution is 6.30. The van der Waals surface area contributed by atoms with Gasteiger partial charge in [-0.05, 0) is 91.7 Å². The zero-order valence-electron chi connectivity index (χ0n) is 22.6. The van der Waals surface area contributed by atoms with Crippen molar-refractivity contribution in [2.75, 3.05) is 13.2 Å². The number of rotatable bonds is 12. The molecule has 1 amide bonds. The zero-order valence-corrected chi connectivity index (χ0v) is 23.4. The van der Waals surface area contributed by atoms with Crippen LogP contribution in [0.4, 0.5) is 0 Å². The smallest absolute Gasteiger partial charge is 0.343 e. The lowest BCUT2D eigenvalue weighted by Crippen LogP contribution is -2.18. The van der Waals surface area contributed by atoms with Crippen LogP contribution in [0.2, 0.25) is 5.02 Å². The van der Waals surface area contributed by atoms with Crippen molar-refractivity contribution in [2.24, 2.45) is 5.10 Å². The number of carbonyl (C=O) groups excluding carboxylic acids is 2. The molecule has 0 fully saturated rings. The Morgan fingerprint density at radius 3 is 2.27 bits per heavy atom. The Morgan fingerprint density at radius 1 is 0.805 bits per heavy atom. The molecule has 4 aromatic rings. The number of hydrazone groups is 1. The van der Waals surface area contributed by atoms with E-state index in [0.717, 1.165) is 5.56 Å². The van der Waals surface area contributed by atoms with E-state index < -0.39 is 11.9 Å². The van der Waals surface area contributed by atoms with Crippen LogP contribution in [0.1, 0.15) is 45.7 Å². The van der Waals surface area contributed by atoms with Crippen LogP contribution in [0.25, 0.3) is 0 Å². The average molecular weight is 573 g/mol.